The number of nitrogens with zero attached hydrogens (tertiary/aromatic N) is 1. The third-order valence-corrected chi connectivity index (χ3v) is 5.51. The topological polar surface area (TPSA) is 56.7 Å². The Hall–Kier alpha value is -0.470. The maximum atomic E-state index is 9.39. The zero-order chi connectivity index (χ0) is 15.8. The predicted octanol–water partition coefficient (Wildman–Crippen LogP) is 3.14. The number of aliphatic imine (C=N–C) groups is 1. The molecule has 1 aliphatic rings. The normalized spacial score (nSPS) is 20.9. The predicted molar refractivity (Wildman–Crippen MR) is 111 cm³/mol. The number of halogens is 1. The second kappa shape index (κ2) is 10.4. The van der Waals surface area contributed by atoms with E-state index in [1.165, 1.54) is 18.6 Å². The molecule has 23 heavy (non-hydrogen) atoms. The van der Waals surface area contributed by atoms with Gasteiger partial charge < -0.3 is 15.7 Å². The average Bonchev–Trinajstić information content (AvgIpc) is 2.97. The van der Waals surface area contributed by atoms with Crippen molar-refractivity contribution in [2.24, 2.45) is 4.99 Å². The highest BCUT2D eigenvalue weighted by atomic mass is 127. The third-order valence-electron chi connectivity index (χ3n) is 3.97. The summed E-state index contributed by atoms with van der Waals surface area (Å²) in [4.78, 5) is 4.66. The molecule has 1 aromatic rings. The van der Waals surface area contributed by atoms with Crippen molar-refractivity contribution >= 4 is 41.7 Å². The van der Waals surface area contributed by atoms with Crippen molar-refractivity contribution in [3.05, 3.63) is 35.4 Å². The molecule has 1 aliphatic heterocycles. The summed E-state index contributed by atoms with van der Waals surface area (Å²) in [5.74, 6) is 2.11. The summed E-state index contributed by atoms with van der Waals surface area (Å²) in [5.41, 5.74) is 2.02. The molecule has 0 aromatic heterocycles. The Morgan fingerprint density at radius 2 is 2.04 bits per heavy atom. The largest absolute Gasteiger partial charge is 0.392 e. The van der Waals surface area contributed by atoms with Gasteiger partial charge in [0.25, 0.3) is 0 Å². The molecule has 2 rings (SSSR count). The molecule has 1 saturated heterocycles. The maximum absolute atomic E-state index is 9.39. The van der Waals surface area contributed by atoms with Crippen molar-refractivity contribution in [1.82, 2.24) is 10.6 Å². The van der Waals surface area contributed by atoms with Crippen LogP contribution in [-0.4, -0.2) is 34.7 Å². The lowest BCUT2D eigenvalue weighted by atomic mass is 10.1. The minimum absolute atomic E-state index is 0. The van der Waals surface area contributed by atoms with Crippen molar-refractivity contribution in [1.29, 1.82) is 0 Å². The summed E-state index contributed by atoms with van der Waals surface area (Å²) in [5, 5.41) is 16.2. The highest BCUT2D eigenvalue weighted by Gasteiger charge is 2.29. The molecule has 1 atom stereocenters. The monoisotopic (exact) mass is 449 g/mol. The summed E-state index contributed by atoms with van der Waals surface area (Å²) in [7, 11) is 0. The zero-order valence-electron chi connectivity index (χ0n) is 14.0. The van der Waals surface area contributed by atoms with E-state index in [1.54, 1.807) is 0 Å². The standard InChI is InChI=1S/C17H27N3OS.HI/c1-3-18-16(20-13-17(2)9-6-10-22-17)19-11-14-7-4-5-8-15(14)12-21;/h4-5,7-8,21H,3,6,9-13H2,1-2H3,(H2,18,19,20);1H. The van der Waals surface area contributed by atoms with Crippen LogP contribution in [0.5, 0.6) is 0 Å². The first-order chi connectivity index (χ1) is 10.7. The minimum atomic E-state index is 0. The fourth-order valence-electron chi connectivity index (χ4n) is 2.62. The fourth-order valence-corrected chi connectivity index (χ4v) is 3.86. The minimum Gasteiger partial charge on any atom is -0.392 e. The van der Waals surface area contributed by atoms with Gasteiger partial charge in [-0.05, 0) is 43.6 Å². The molecule has 4 nitrogen and oxygen atoms in total. The van der Waals surface area contributed by atoms with E-state index in [9.17, 15) is 5.11 Å². The molecule has 1 aromatic carbocycles. The molecule has 6 heteroatoms. The molecule has 3 N–H and O–H groups in total. The molecule has 0 aliphatic carbocycles. The number of benzene rings is 1. The second-order valence-corrected chi connectivity index (χ2v) is 7.56. The van der Waals surface area contributed by atoms with Crippen molar-refractivity contribution < 1.29 is 5.11 Å². The van der Waals surface area contributed by atoms with Gasteiger partial charge in [0, 0.05) is 17.8 Å². The molecule has 1 unspecified atom stereocenters. The van der Waals surface area contributed by atoms with E-state index in [1.807, 2.05) is 36.0 Å². The Morgan fingerprint density at radius 3 is 2.65 bits per heavy atom. The SMILES string of the molecule is CCNC(=NCc1ccccc1CO)NCC1(C)CCCS1.I. The quantitative estimate of drug-likeness (QED) is 0.355. The lowest BCUT2D eigenvalue weighted by Crippen LogP contribution is -2.43. The molecule has 0 amide bonds. The maximum Gasteiger partial charge on any atom is 0.191 e. The van der Waals surface area contributed by atoms with Crippen molar-refractivity contribution in [3.8, 4) is 0 Å². The Kier molecular flexibility index (Phi) is 9.31. The molecular weight excluding hydrogens is 421 g/mol. The van der Waals surface area contributed by atoms with Crippen LogP contribution in [0, 0.1) is 0 Å². The van der Waals surface area contributed by atoms with E-state index in [0.717, 1.165) is 30.2 Å². The first kappa shape index (κ1) is 20.6. The Labute approximate surface area is 160 Å². The summed E-state index contributed by atoms with van der Waals surface area (Å²) in [6.07, 6.45) is 2.57. The van der Waals surface area contributed by atoms with Gasteiger partial charge in [0.1, 0.15) is 0 Å². The third kappa shape index (κ3) is 6.51. The summed E-state index contributed by atoms with van der Waals surface area (Å²) in [6.45, 7) is 6.82. The van der Waals surface area contributed by atoms with Crippen molar-refractivity contribution in [2.75, 3.05) is 18.8 Å². The van der Waals surface area contributed by atoms with E-state index in [4.69, 9.17) is 0 Å². The van der Waals surface area contributed by atoms with Gasteiger partial charge in [-0.3, -0.25) is 0 Å². The number of guanidine groups is 1. The molecule has 0 radical (unpaired) electrons. The van der Waals surface area contributed by atoms with E-state index in [0.29, 0.717) is 11.3 Å². The van der Waals surface area contributed by atoms with Crippen LogP contribution in [-0.2, 0) is 13.2 Å². The number of thioether (sulfide) groups is 1. The number of nitrogens with one attached hydrogen (secondary N) is 2. The first-order valence-electron chi connectivity index (χ1n) is 8.00. The Bertz CT molecular complexity index is 504. The van der Waals surface area contributed by atoms with Crippen molar-refractivity contribution in [3.63, 3.8) is 0 Å². The second-order valence-electron chi connectivity index (χ2n) is 5.88. The number of hydrogen-bond acceptors (Lipinski definition) is 3. The van der Waals surface area contributed by atoms with Gasteiger partial charge in [0.15, 0.2) is 5.96 Å². The molecule has 130 valence electrons. The van der Waals surface area contributed by atoms with Gasteiger partial charge in [-0.15, -0.1) is 24.0 Å². The first-order valence-corrected chi connectivity index (χ1v) is 8.99. The summed E-state index contributed by atoms with van der Waals surface area (Å²) >= 11 is 2.05. The lowest BCUT2D eigenvalue weighted by Gasteiger charge is -2.24. The lowest BCUT2D eigenvalue weighted by molar-refractivity contribution is 0.280. The number of hydrogen-bond donors (Lipinski definition) is 3. The van der Waals surface area contributed by atoms with Crippen LogP contribution in [0.25, 0.3) is 0 Å². The van der Waals surface area contributed by atoms with Gasteiger partial charge in [0.05, 0.1) is 13.2 Å². The molecule has 1 heterocycles. The van der Waals surface area contributed by atoms with Crippen LogP contribution in [0.2, 0.25) is 0 Å². The van der Waals surface area contributed by atoms with Crippen LogP contribution >= 0.6 is 35.7 Å². The Morgan fingerprint density at radius 1 is 1.30 bits per heavy atom. The van der Waals surface area contributed by atoms with Gasteiger partial charge in [0.2, 0.25) is 0 Å². The van der Waals surface area contributed by atoms with E-state index in [-0.39, 0.29) is 30.6 Å². The van der Waals surface area contributed by atoms with Crippen LogP contribution in [0.1, 0.15) is 37.8 Å². The van der Waals surface area contributed by atoms with Gasteiger partial charge >= 0.3 is 0 Å². The summed E-state index contributed by atoms with van der Waals surface area (Å²) < 4.78 is 0.319. The zero-order valence-corrected chi connectivity index (χ0v) is 17.1. The van der Waals surface area contributed by atoms with Gasteiger partial charge in [-0.2, -0.15) is 11.8 Å². The van der Waals surface area contributed by atoms with Crippen LogP contribution in [0.3, 0.4) is 0 Å². The Balaban J connectivity index is 0.00000264. The van der Waals surface area contributed by atoms with Crippen LogP contribution in [0.15, 0.2) is 29.3 Å². The smallest absolute Gasteiger partial charge is 0.191 e. The molecular formula is C17H28IN3OS. The number of aliphatic hydroxyl groups is 1. The fraction of sp³-hybridized carbons (Fsp3) is 0.588. The molecule has 0 spiro atoms. The summed E-state index contributed by atoms with van der Waals surface area (Å²) in [6, 6.07) is 7.90. The highest BCUT2D eigenvalue weighted by Crippen LogP contribution is 2.36. The van der Waals surface area contributed by atoms with Gasteiger partial charge in [-0.25, -0.2) is 4.99 Å². The number of rotatable bonds is 6. The molecule has 1 fully saturated rings. The average molecular weight is 449 g/mol. The number of aliphatic hydroxyl groups excluding tert-OH is 1. The molecule has 0 bridgehead atoms. The van der Waals surface area contributed by atoms with E-state index in [2.05, 4.69) is 29.5 Å². The van der Waals surface area contributed by atoms with Gasteiger partial charge in [-0.1, -0.05) is 24.3 Å². The van der Waals surface area contributed by atoms with Crippen LogP contribution in [0.4, 0.5) is 0 Å². The van der Waals surface area contributed by atoms with Crippen molar-refractivity contribution in [2.45, 2.75) is 44.6 Å². The van der Waals surface area contributed by atoms with E-state index < -0.39 is 0 Å². The van der Waals surface area contributed by atoms with Crippen LogP contribution < -0.4 is 10.6 Å². The highest BCUT2D eigenvalue weighted by molar-refractivity contribution is 14.0. The molecule has 0 saturated carbocycles. The van der Waals surface area contributed by atoms with E-state index >= 15 is 0 Å².